The molecule has 4 heteroatoms. The summed E-state index contributed by atoms with van der Waals surface area (Å²) in [6.07, 6.45) is 2.19. The van der Waals surface area contributed by atoms with Gasteiger partial charge < -0.3 is 5.32 Å². The molecule has 1 aromatic carbocycles. The SMILES string of the molecule is Cc1ccccc1-n1nc(C)c(C(=O)NC2CC2)c1C. The Morgan fingerprint density at radius 1 is 1.25 bits per heavy atom. The standard InChI is InChI=1S/C16H19N3O/c1-10-6-4-5-7-14(10)19-12(3)15(11(2)18-19)16(20)17-13-8-9-13/h4-7,13H,8-9H2,1-3H3,(H,17,20). The molecule has 0 spiro atoms. The molecule has 2 aromatic rings. The van der Waals surface area contributed by atoms with E-state index in [4.69, 9.17) is 0 Å². The molecule has 0 unspecified atom stereocenters. The summed E-state index contributed by atoms with van der Waals surface area (Å²) in [6, 6.07) is 8.43. The van der Waals surface area contributed by atoms with Crippen LogP contribution >= 0.6 is 0 Å². The van der Waals surface area contributed by atoms with Gasteiger partial charge in [0.25, 0.3) is 5.91 Å². The quantitative estimate of drug-likeness (QED) is 0.931. The van der Waals surface area contributed by atoms with E-state index in [0.29, 0.717) is 11.6 Å². The van der Waals surface area contributed by atoms with Crippen molar-refractivity contribution >= 4 is 5.91 Å². The number of amides is 1. The first kappa shape index (κ1) is 12.9. The number of benzene rings is 1. The number of nitrogens with zero attached hydrogens (tertiary/aromatic N) is 2. The lowest BCUT2D eigenvalue weighted by atomic mass is 10.1. The molecule has 0 saturated heterocycles. The zero-order chi connectivity index (χ0) is 14.3. The lowest BCUT2D eigenvalue weighted by Crippen LogP contribution is -2.26. The van der Waals surface area contributed by atoms with Crippen molar-refractivity contribution in [1.82, 2.24) is 15.1 Å². The summed E-state index contributed by atoms with van der Waals surface area (Å²) in [5.41, 5.74) is 4.56. The first-order valence-corrected chi connectivity index (χ1v) is 7.01. The first-order chi connectivity index (χ1) is 9.58. The minimum Gasteiger partial charge on any atom is -0.349 e. The maximum Gasteiger partial charge on any atom is 0.255 e. The number of para-hydroxylation sites is 1. The van der Waals surface area contributed by atoms with Crippen molar-refractivity contribution in [2.24, 2.45) is 0 Å². The summed E-state index contributed by atoms with van der Waals surface area (Å²) in [4.78, 5) is 12.3. The number of carbonyl (C=O) groups excluding carboxylic acids is 1. The third kappa shape index (κ3) is 2.22. The minimum atomic E-state index is 0.00216. The monoisotopic (exact) mass is 269 g/mol. The average molecular weight is 269 g/mol. The zero-order valence-corrected chi connectivity index (χ0v) is 12.1. The van der Waals surface area contributed by atoms with Crippen LogP contribution in [0.15, 0.2) is 24.3 Å². The first-order valence-electron chi connectivity index (χ1n) is 7.01. The van der Waals surface area contributed by atoms with E-state index < -0.39 is 0 Å². The van der Waals surface area contributed by atoms with E-state index in [1.54, 1.807) is 0 Å². The predicted molar refractivity (Wildman–Crippen MR) is 78.3 cm³/mol. The molecule has 1 saturated carbocycles. The summed E-state index contributed by atoms with van der Waals surface area (Å²) in [5.74, 6) is 0.00216. The normalized spacial score (nSPS) is 14.3. The van der Waals surface area contributed by atoms with Gasteiger partial charge in [0.05, 0.1) is 22.6 Å². The van der Waals surface area contributed by atoms with Crippen LogP contribution in [0.5, 0.6) is 0 Å². The second-order valence-electron chi connectivity index (χ2n) is 5.49. The van der Waals surface area contributed by atoms with Crippen molar-refractivity contribution < 1.29 is 4.79 Å². The highest BCUT2D eigenvalue weighted by Crippen LogP contribution is 2.23. The number of carbonyl (C=O) groups is 1. The Bertz CT molecular complexity index is 668. The third-order valence-electron chi connectivity index (χ3n) is 3.77. The van der Waals surface area contributed by atoms with Crippen molar-refractivity contribution in [2.45, 2.75) is 39.7 Å². The van der Waals surface area contributed by atoms with Gasteiger partial charge in [-0.1, -0.05) is 18.2 Å². The Morgan fingerprint density at radius 3 is 2.60 bits per heavy atom. The van der Waals surface area contributed by atoms with Crippen LogP contribution in [0.2, 0.25) is 0 Å². The molecule has 1 aliphatic rings. The van der Waals surface area contributed by atoms with Gasteiger partial charge in [-0.3, -0.25) is 4.79 Å². The van der Waals surface area contributed by atoms with Gasteiger partial charge in [0.2, 0.25) is 0 Å². The van der Waals surface area contributed by atoms with E-state index in [2.05, 4.69) is 23.4 Å². The molecule has 1 N–H and O–H groups in total. The summed E-state index contributed by atoms with van der Waals surface area (Å²) < 4.78 is 1.87. The Hall–Kier alpha value is -2.10. The maximum atomic E-state index is 12.3. The fourth-order valence-electron chi connectivity index (χ4n) is 2.49. The van der Waals surface area contributed by atoms with Gasteiger partial charge in [-0.05, 0) is 45.2 Å². The highest BCUT2D eigenvalue weighted by molar-refractivity contribution is 5.96. The van der Waals surface area contributed by atoms with E-state index in [1.807, 2.05) is 36.7 Å². The molecule has 1 fully saturated rings. The smallest absolute Gasteiger partial charge is 0.255 e. The second-order valence-corrected chi connectivity index (χ2v) is 5.49. The van der Waals surface area contributed by atoms with Crippen LogP contribution < -0.4 is 5.32 Å². The van der Waals surface area contributed by atoms with Crippen molar-refractivity contribution in [1.29, 1.82) is 0 Å². The van der Waals surface area contributed by atoms with Gasteiger partial charge in [-0.15, -0.1) is 0 Å². The Labute approximate surface area is 118 Å². The fourth-order valence-corrected chi connectivity index (χ4v) is 2.49. The van der Waals surface area contributed by atoms with E-state index in [9.17, 15) is 4.79 Å². The molecule has 1 aliphatic carbocycles. The van der Waals surface area contributed by atoms with Crippen LogP contribution in [0.25, 0.3) is 5.69 Å². The van der Waals surface area contributed by atoms with E-state index in [0.717, 1.165) is 35.5 Å². The summed E-state index contributed by atoms with van der Waals surface area (Å²) in [7, 11) is 0. The van der Waals surface area contributed by atoms with E-state index in [-0.39, 0.29) is 5.91 Å². The highest BCUT2D eigenvalue weighted by atomic mass is 16.1. The topological polar surface area (TPSA) is 46.9 Å². The Balaban J connectivity index is 2.02. The third-order valence-corrected chi connectivity index (χ3v) is 3.77. The van der Waals surface area contributed by atoms with Crippen LogP contribution in [-0.2, 0) is 0 Å². The lowest BCUT2D eigenvalue weighted by Gasteiger charge is -2.08. The summed E-state index contributed by atoms with van der Waals surface area (Å²) >= 11 is 0. The van der Waals surface area contributed by atoms with Crippen molar-refractivity contribution in [3.05, 3.63) is 46.8 Å². The summed E-state index contributed by atoms with van der Waals surface area (Å²) in [6.45, 7) is 5.90. The molecule has 3 rings (SSSR count). The van der Waals surface area contributed by atoms with Gasteiger partial charge in [0, 0.05) is 6.04 Å². The van der Waals surface area contributed by atoms with Crippen molar-refractivity contribution in [2.75, 3.05) is 0 Å². The van der Waals surface area contributed by atoms with Crippen molar-refractivity contribution in [3.63, 3.8) is 0 Å². The zero-order valence-electron chi connectivity index (χ0n) is 12.1. The molecular weight excluding hydrogens is 250 g/mol. The van der Waals surface area contributed by atoms with Crippen LogP contribution in [0.3, 0.4) is 0 Å². The summed E-state index contributed by atoms with van der Waals surface area (Å²) in [5, 5.41) is 7.58. The molecule has 0 bridgehead atoms. The fraction of sp³-hybridized carbons (Fsp3) is 0.375. The van der Waals surface area contributed by atoms with Crippen LogP contribution in [0.4, 0.5) is 0 Å². The molecule has 1 aromatic heterocycles. The number of rotatable bonds is 3. The number of nitrogens with one attached hydrogen (secondary N) is 1. The number of hydrogen-bond donors (Lipinski definition) is 1. The molecule has 4 nitrogen and oxygen atoms in total. The van der Waals surface area contributed by atoms with Crippen LogP contribution in [-0.4, -0.2) is 21.7 Å². The van der Waals surface area contributed by atoms with Crippen LogP contribution in [0, 0.1) is 20.8 Å². The number of hydrogen-bond acceptors (Lipinski definition) is 2. The molecule has 1 heterocycles. The second kappa shape index (κ2) is 4.78. The van der Waals surface area contributed by atoms with Gasteiger partial charge in [0.1, 0.15) is 0 Å². The molecule has 0 atom stereocenters. The highest BCUT2D eigenvalue weighted by Gasteiger charge is 2.27. The van der Waals surface area contributed by atoms with E-state index >= 15 is 0 Å². The van der Waals surface area contributed by atoms with Gasteiger partial charge >= 0.3 is 0 Å². The maximum absolute atomic E-state index is 12.3. The minimum absolute atomic E-state index is 0.00216. The molecule has 20 heavy (non-hydrogen) atoms. The molecule has 0 aliphatic heterocycles. The Morgan fingerprint density at radius 2 is 1.95 bits per heavy atom. The predicted octanol–water partition coefficient (Wildman–Crippen LogP) is 2.69. The Kier molecular flexibility index (Phi) is 3.08. The van der Waals surface area contributed by atoms with Gasteiger partial charge in [-0.2, -0.15) is 5.10 Å². The molecule has 104 valence electrons. The number of aryl methyl sites for hydroxylation is 2. The van der Waals surface area contributed by atoms with Gasteiger partial charge in [0.15, 0.2) is 0 Å². The number of aromatic nitrogens is 2. The lowest BCUT2D eigenvalue weighted by molar-refractivity contribution is 0.0950. The van der Waals surface area contributed by atoms with Crippen molar-refractivity contribution in [3.8, 4) is 5.69 Å². The van der Waals surface area contributed by atoms with Crippen LogP contribution in [0.1, 0.15) is 40.2 Å². The average Bonchev–Trinajstić information content (AvgIpc) is 3.15. The van der Waals surface area contributed by atoms with Gasteiger partial charge in [-0.25, -0.2) is 4.68 Å². The van der Waals surface area contributed by atoms with E-state index in [1.165, 1.54) is 0 Å². The molecule has 1 amide bonds. The largest absolute Gasteiger partial charge is 0.349 e. The molecule has 0 radical (unpaired) electrons. The molecular formula is C16H19N3O.